The van der Waals surface area contributed by atoms with Crippen LogP contribution in [0.5, 0.6) is 0 Å². The third kappa shape index (κ3) is 4.24. The van der Waals surface area contributed by atoms with Gasteiger partial charge in [-0.2, -0.15) is 0 Å². The van der Waals surface area contributed by atoms with Gasteiger partial charge in [0.05, 0.1) is 0 Å². The number of benzene rings is 1. The van der Waals surface area contributed by atoms with Gasteiger partial charge in [-0.15, -0.1) is 0 Å². The van der Waals surface area contributed by atoms with Gasteiger partial charge in [0.1, 0.15) is 0 Å². The number of rotatable bonds is 6. The van der Waals surface area contributed by atoms with E-state index in [0.717, 1.165) is 13.0 Å². The van der Waals surface area contributed by atoms with Crippen LogP contribution >= 0.6 is 0 Å². The summed E-state index contributed by atoms with van der Waals surface area (Å²) in [5, 5.41) is 17.6. The average Bonchev–Trinajstić information content (AvgIpc) is 2.37. The Morgan fingerprint density at radius 1 is 1.29 bits per heavy atom. The maximum Gasteiger partial charge on any atom is 0.273 e. The number of hydrogen-bond donors (Lipinski definition) is 3. The van der Waals surface area contributed by atoms with E-state index in [1.165, 1.54) is 0 Å². The van der Waals surface area contributed by atoms with Crippen LogP contribution in [0.2, 0.25) is 0 Å². The van der Waals surface area contributed by atoms with Crippen molar-refractivity contribution >= 4 is 11.6 Å². The van der Waals surface area contributed by atoms with Crippen LogP contribution in [0.4, 0.5) is 0 Å². The van der Waals surface area contributed by atoms with Crippen molar-refractivity contribution in [2.75, 3.05) is 20.1 Å². The first kappa shape index (κ1) is 13.2. The van der Waals surface area contributed by atoms with Gasteiger partial charge in [-0.25, -0.2) is 0 Å². The zero-order chi connectivity index (χ0) is 12.5. The molecule has 0 fully saturated rings. The highest BCUT2D eigenvalue weighted by Crippen LogP contribution is 2.01. The van der Waals surface area contributed by atoms with Crippen LogP contribution in [-0.2, 0) is 4.79 Å². The summed E-state index contributed by atoms with van der Waals surface area (Å²) in [5.74, 6) is -0.366. The summed E-state index contributed by atoms with van der Waals surface area (Å²) in [5.41, 5.74) is 0.635. The van der Waals surface area contributed by atoms with Crippen LogP contribution in [0.15, 0.2) is 35.5 Å². The molecule has 1 amide bonds. The van der Waals surface area contributed by atoms with E-state index in [2.05, 4.69) is 15.8 Å². The van der Waals surface area contributed by atoms with Gasteiger partial charge in [0, 0.05) is 12.1 Å². The molecular formula is C12H17N3O2. The van der Waals surface area contributed by atoms with Gasteiger partial charge in [-0.1, -0.05) is 35.5 Å². The number of oxime groups is 1. The molecule has 5 nitrogen and oxygen atoms in total. The number of nitrogens with zero attached hydrogens (tertiary/aromatic N) is 1. The van der Waals surface area contributed by atoms with Crippen molar-refractivity contribution < 1.29 is 10.0 Å². The third-order valence-electron chi connectivity index (χ3n) is 2.25. The van der Waals surface area contributed by atoms with Crippen LogP contribution in [0, 0.1) is 0 Å². The summed E-state index contributed by atoms with van der Waals surface area (Å²) in [6, 6.07) is 8.86. The Labute approximate surface area is 101 Å². The van der Waals surface area contributed by atoms with E-state index in [1.54, 1.807) is 24.3 Å². The topological polar surface area (TPSA) is 73.7 Å². The highest BCUT2D eigenvalue weighted by molar-refractivity contribution is 6.45. The molecule has 3 N–H and O–H groups in total. The molecule has 0 aromatic heterocycles. The van der Waals surface area contributed by atoms with E-state index >= 15 is 0 Å². The average molecular weight is 235 g/mol. The van der Waals surface area contributed by atoms with Crippen molar-refractivity contribution in [3.8, 4) is 0 Å². The van der Waals surface area contributed by atoms with Crippen molar-refractivity contribution in [3.05, 3.63) is 35.9 Å². The molecule has 0 bridgehead atoms. The molecule has 1 rings (SSSR count). The SMILES string of the molecule is CNCCCNC(=O)C(=NO)c1ccccc1. The maximum atomic E-state index is 11.7. The normalized spacial score (nSPS) is 11.2. The Hall–Kier alpha value is -1.88. The molecule has 0 heterocycles. The Balaban J connectivity index is 2.55. The quantitative estimate of drug-likeness (QED) is 0.292. The van der Waals surface area contributed by atoms with Crippen molar-refractivity contribution in [2.24, 2.45) is 5.16 Å². The molecule has 0 aliphatic rings. The van der Waals surface area contributed by atoms with Crippen LogP contribution in [0.1, 0.15) is 12.0 Å². The summed E-state index contributed by atoms with van der Waals surface area (Å²) >= 11 is 0. The predicted molar refractivity (Wildman–Crippen MR) is 66.3 cm³/mol. The molecule has 0 aliphatic heterocycles. The standard InChI is InChI=1S/C12H17N3O2/c1-13-8-5-9-14-12(16)11(15-17)10-6-3-2-4-7-10/h2-4,6-7,13,17H,5,8-9H2,1H3,(H,14,16). The van der Waals surface area contributed by atoms with E-state index in [1.807, 2.05) is 13.1 Å². The minimum atomic E-state index is -0.366. The van der Waals surface area contributed by atoms with Gasteiger partial charge in [-0.05, 0) is 20.0 Å². The number of carbonyl (C=O) groups is 1. The van der Waals surface area contributed by atoms with Crippen molar-refractivity contribution in [3.63, 3.8) is 0 Å². The molecule has 5 heteroatoms. The van der Waals surface area contributed by atoms with Gasteiger partial charge in [0.15, 0.2) is 5.71 Å². The van der Waals surface area contributed by atoms with E-state index in [4.69, 9.17) is 5.21 Å². The fraction of sp³-hybridized carbons (Fsp3) is 0.333. The second-order valence-corrected chi connectivity index (χ2v) is 3.53. The molecule has 0 saturated carbocycles. The summed E-state index contributed by atoms with van der Waals surface area (Å²) in [6.07, 6.45) is 0.829. The lowest BCUT2D eigenvalue weighted by Crippen LogP contribution is -2.33. The molecule has 17 heavy (non-hydrogen) atoms. The molecule has 92 valence electrons. The number of hydrogen-bond acceptors (Lipinski definition) is 4. The van der Waals surface area contributed by atoms with Gasteiger partial charge >= 0.3 is 0 Å². The van der Waals surface area contributed by atoms with E-state index < -0.39 is 0 Å². The predicted octanol–water partition coefficient (Wildman–Crippen LogP) is 0.591. The van der Waals surface area contributed by atoms with Crippen LogP contribution in [0.3, 0.4) is 0 Å². The maximum absolute atomic E-state index is 11.7. The molecule has 0 radical (unpaired) electrons. The second-order valence-electron chi connectivity index (χ2n) is 3.53. The molecule has 0 unspecified atom stereocenters. The molecule has 1 aromatic rings. The van der Waals surface area contributed by atoms with E-state index in [0.29, 0.717) is 12.1 Å². The fourth-order valence-electron chi connectivity index (χ4n) is 1.38. The molecule has 1 aromatic carbocycles. The second kappa shape index (κ2) is 7.40. The van der Waals surface area contributed by atoms with Crippen molar-refractivity contribution in [1.29, 1.82) is 0 Å². The summed E-state index contributed by atoms with van der Waals surface area (Å²) in [6.45, 7) is 1.38. The zero-order valence-electron chi connectivity index (χ0n) is 9.81. The minimum Gasteiger partial charge on any atom is -0.410 e. The smallest absolute Gasteiger partial charge is 0.273 e. The summed E-state index contributed by atoms with van der Waals surface area (Å²) in [7, 11) is 1.85. The minimum absolute atomic E-state index is 0.0371. The van der Waals surface area contributed by atoms with Crippen LogP contribution < -0.4 is 10.6 Å². The lowest BCUT2D eigenvalue weighted by atomic mass is 10.1. The largest absolute Gasteiger partial charge is 0.410 e. The Kier molecular flexibility index (Phi) is 5.74. The van der Waals surface area contributed by atoms with Gasteiger partial charge in [0.25, 0.3) is 5.91 Å². The zero-order valence-corrected chi connectivity index (χ0v) is 9.81. The number of carbonyl (C=O) groups excluding carboxylic acids is 1. The first-order valence-electron chi connectivity index (χ1n) is 5.50. The first-order valence-corrected chi connectivity index (χ1v) is 5.50. The molecule has 0 spiro atoms. The Morgan fingerprint density at radius 2 is 2.00 bits per heavy atom. The lowest BCUT2D eigenvalue weighted by molar-refractivity contribution is -0.114. The third-order valence-corrected chi connectivity index (χ3v) is 2.25. The van der Waals surface area contributed by atoms with Crippen molar-refractivity contribution in [1.82, 2.24) is 10.6 Å². The molecular weight excluding hydrogens is 218 g/mol. The molecule has 0 aliphatic carbocycles. The highest BCUT2D eigenvalue weighted by atomic mass is 16.4. The first-order chi connectivity index (χ1) is 8.29. The van der Waals surface area contributed by atoms with E-state index in [-0.39, 0.29) is 11.6 Å². The van der Waals surface area contributed by atoms with Gasteiger partial charge in [-0.3, -0.25) is 4.79 Å². The van der Waals surface area contributed by atoms with E-state index in [9.17, 15) is 4.79 Å². The fourth-order valence-corrected chi connectivity index (χ4v) is 1.38. The lowest BCUT2D eigenvalue weighted by Gasteiger charge is -2.06. The molecule has 0 saturated heterocycles. The number of nitrogens with one attached hydrogen (secondary N) is 2. The van der Waals surface area contributed by atoms with Crippen molar-refractivity contribution in [2.45, 2.75) is 6.42 Å². The molecule has 0 atom stereocenters. The van der Waals surface area contributed by atoms with Gasteiger partial charge in [0.2, 0.25) is 0 Å². The van der Waals surface area contributed by atoms with Gasteiger partial charge < -0.3 is 15.8 Å². The number of amides is 1. The summed E-state index contributed by atoms with van der Waals surface area (Å²) in [4.78, 5) is 11.7. The van der Waals surface area contributed by atoms with Crippen LogP contribution in [-0.4, -0.2) is 37.0 Å². The summed E-state index contributed by atoms with van der Waals surface area (Å²) < 4.78 is 0. The van der Waals surface area contributed by atoms with Crippen LogP contribution in [0.25, 0.3) is 0 Å². The Bertz CT molecular complexity index is 377. The Morgan fingerprint density at radius 3 is 2.59 bits per heavy atom. The highest BCUT2D eigenvalue weighted by Gasteiger charge is 2.13. The monoisotopic (exact) mass is 235 g/mol.